The Kier molecular flexibility index (Phi) is 6.69. The van der Waals surface area contributed by atoms with E-state index >= 15 is 0 Å². The SMILES string of the molecule is Cc1cc(-n2c(C)cc(/C=C(\C#N)C(=O)Nc3cccc(Cl)c3C)c2C)ccc1I. The number of amides is 1. The van der Waals surface area contributed by atoms with Crippen LogP contribution in [0, 0.1) is 42.6 Å². The summed E-state index contributed by atoms with van der Waals surface area (Å²) in [6, 6.07) is 15.6. The Morgan fingerprint density at radius 1 is 1.17 bits per heavy atom. The zero-order chi connectivity index (χ0) is 22.0. The molecule has 152 valence electrons. The quantitative estimate of drug-likeness (QED) is 0.238. The minimum Gasteiger partial charge on any atom is -0.321 e. The lowest BCUT2D eigenvalue weighted by molar-refractivity contribution is -0.112. The fourth-order valence-electron chi connectivity index (χ4n) is 3.34. The van der Waals surface area contributed by atoms with Crippen LogP contribution >= 0.6 is 34.2 Å². The van der Waals surface area contributed by atoms with Crippen LogP contribution in [0.3, 0.4) is 0 Å². The van der Waals surface area contributed by atoms with Gasteiger partial charge in [0, 0.05) is 31.4 Å². The summed E-state index contributed by atoms with van der Waals surface area (Å²) in [5.41, 5.74) is 6.47. The van der Waals surface area contributed by atoms with Gasteiger partial charge in [0.1, 0.15) is 11.6 Å². The van der Waals surface area contributed by atoms with Gasteiger partial charge in [-0.2, -0.15) is 5.26 Å². The van der Waals surface area contributed by atoms with E-state index in [4.69, 9.17) is 11.6 Å². The Bertz CT molecular complexity index is 1220. The molecule has 0 spiro atoms. The molecule has 1 N–H and O–H groups in total. The van der Waals surface area contributed by atoms with Gasteiger partial charge in [-0.05, 0) is 109 Å². The monoisotopic (exact) mass is 529 g/mol. The van der Waals surface area contributed by atoms with Crippen LogP contribution in [0.1, 0.15) is 28.1 Å². The van der Waals surface area contributed by atoms with E-state index in [1.165, 1.54) is 9.13 Å². The lowest BCUT2D eigenvalue weighted by Crippen LogP contribution is -2.14. The summed E-state index contributed by atoms with van der Waals surface area (Å²) in [5, 5.41) is 12.9. The van der Waals surface area contributed by atoms with Crippen molar-refractivity contribution in [1.29, 1.82) is 5.26 Å². The first-order valence-electron chi connectivity index (χ1n) is 9.36. The lowest BCUT2D eigenvalue weighted by atomic mass is 10.1. The van der Waals surface area contributed by atoms with Gasteiger partial charge < -0.3 is 9.88 Å². The number of aromatic nitrogens is 1. The Labute approximate surface area is 195 Å². The molecule has 0 aliphatic heterocycles. The van der Waals surface area contributed by atoms with E-state index < -0.39 is 5.91 Å². The largest absolute Gasteiger partial charge is 0.321 e. The minimum atomic E-state index is -0.460. The zero-order valence-electron chi connectivity index (χ0n) is 17.2. The second-order valence-electron chi connectivity index (χ2n) is 7.13. The minimum absolute atomic E-state index is 0.0356. The number of carbonyl (C=O) groups excluding carboxylic acids is 1. The van der Waals surface area contributed by atoms with Crippen molar-refractivity contribution in [2.75, 3.05) is 5.32 Å². The van der Waals surface area contributed by atoms with E-state index in [-0.39, 0.29) is 5.57 Å². The van der Waals surface area contributed by atoms with Crippen molar-refractivity contribution in [3.05, 3.63) is 84.7 Å². The summed E-state index contributed by atoms with van der Waals surface area (Å²) >= 11 is 8.44. The number of aryl methyl sites for hydroxylation is 2. The molecule has 0 fully saturated rings. The maximum Gasteiger partial charge on any atom is 0.266 e. The molecule has 4 nitrogen and oxygen atoms in total. The Balaban J connectivity index is 1.96. The fraction of sp³-hybridized carbons (Fsp3) is 0.167. The molecule has 1 heterocycles. The first kappa shape index (κ1) is 22.1. The van der Waals surface area contributed by atoms with E-state index in [0.29, 0.717) is 10.7 Å². The molecule has 0 unspecified atom stereocenters. The van der Waals surface area contributed by atoms with Crippen molar-refractivity contribution in [1.82, 2.24) is 4.57 Å². The van der Waals surface area contributed by atoms with Gasteiger partial charge in [0.25, 0.3) is 5.91 Å². The highest BCUT2D eigenvalue weighted by atomic mass is 127. The van der Waals surface area contributed by atoms with Crippen molar-refractivity contribution in [3.8, 4) is 11.8 Å². The molecule has 0 atom stereocenters. The van der Waals surface area contributed by atoms with Crippen LogP contribution in [0.2, 0.25) is 5.02 Å². The van der Waals surface area contributed by atoms with Crippen LogP contribution in [0.15, 0.2) is 48.0 Å². The summed E-state index contributed by atoms with van der Waals surface area (Å²) in [7, 11) is 0. The molecular weight excluding hydrogens is 509 g/mol. The van der Waals surface area contributed by atoms with Gasteiger partial charge in [-0.3, -0.25) is 4.79 Å². The number of carbonyl (C=O) groups is 1. The number of benzene rings is 2. The molecule has 0 aliphatic carbocycles. The molecule has 30 heavy (non-hydrogen) atoms. The Morgan fingerprint density at radius 2 is 1.90 bits per heavy atom. The van der Waals surface area contributed by atoms with E-state index in [0.717, 1.165) is 28.2 Å². The van der Waals surface area contributed by atoms with Crippen LogP contribution in [0.5, 0.6) is 0 Å². The van der Waals surface area contributed by atoms with Crippen molar-refractivity contribution < 1.29 is 4.79 Å². The fourth-order valence-corrected chi connectivity index (χ4v) is 3.85. The topological polar surface area (TPSA) is 57.8 Å². The molecule has 1 aromatic heterocycles. The first-order valence-corrected chi connectivity index (χ1v) is 10.8. The van der Waals surface area contributed by atoms with Crippen LogP contribution < -0.4 is 5.32 Å². The molecule has 0 saturated heterocycles. The van der Waals surface area contributed by atoms with Crippen molar-refractivity contribution in [2.24, 2.45) is 0 Å². The van der Waals surface area contributed by atoms with E-state index in [2.05, 4.69) is 57.6 Å². The molecule has 3 rings (SSSR count). The third-order valence-electron chi connectivity index (χ3n) is 5.05. The highest BCUT2D eigenvalue weighted by molar-refractivity contribution is 14.1. The van der Waals surface area contributed by atoms with E-state index in [9.17, 15) is 10.1 Å². The highest BCUT2D eigenvalue weighted by Gasteiger charge is 2.15. The summed E-state index contributed by atoms with van der Waals surface area (Å²) < 4.78 is 3.34. The van der Waals surface area contributed by atoms with Crippen molar-refractivity contribution in [2.45, 2.75) is 27.7 Å². The van der Waals surface area contributed by atoms with Crippen LogP contribution in [-0.4, -0.2) is 10.5 Å². The highest BCUT2D eigenvalue weighted by Crippen LogP contribution is 2.26. The van der Waals surface area contributed by atoms with Gasteiger partial charge in [0.2, 0.25) is 0 Å². The van der Waals surface area contributed by atoms with Crippen LogP contribution in [0.25, 0.3) is 11.8 Å². The third-order valence-corrected chi connectivity index (χ3v) is 6.67. The maximum absolute atomic E-state index is 12.7. The molecule has 6 heteroatoms. The molecule has 0 radical (unpaired) electrons. The van der Waals surface area contributed by atoms with Crippen molar-refractivity contribution in [3.63, 3.8) is 0 Å². The average Bonchev–Trinajstić information content (AvgIpc) is 2.98. The average molecular weight is 530 g/mol. The molecule has 3 aromatic rings. The predicted octanol–water partition coefficient (Wildman–Crippen LogP) is 6.51. The molecule has 0 aliphatic rings. The summed E-state index contributed by atoms with van der Waals surface area (Å²) in [6.07, 6.45) is 1.63. The van der Waals surface area contributed by atoms with Gasteiger partial charge >= 0.3 is 0 Å². The number of nitrogens with zero attached hydrogens (tertiary/aromatic N) is 2. The summed E-state index contributed by atoms with van der Waals surface area (Å²) in [5.74, 6) is -0.460. The van der Waals surface area contributed by atoms with Gasteiger partial charge in [-0.25, -0.2) is 0 Å². The molecule has 0 saturated carbocycles. The van der Waals surface area contributed by atoms with E-state index in [1.807, 2.05) is 32.9 Å². The molecule has 1 amide bonds. The number of hydrogen-bond acceptors (Lipinski definition) is 2. The number of nitriles is 1. The second-order valence-corrected chi connectivity index (χ2v) is 8.70. The van der Waals surface area contributed by atoms with Crippen LogP contribution in [0.4, 0.5) is 5.69 Å². The number of nitrogens with one attached hydrogen (secondary N) is 1. The number of rotatable bonds is 4. The lowest BCUT2D eigenvalue weighted by Gasteiger charge is -2.11. The zero-order valence-corrected chi connectivity index (χ0v) is 20.1. The Morgan fingerprint density at radius 3 is 2.57 bits per heavy atom. The first-order chi connectivity index (χ1) is 14.2. The standard InChI is InChI=1S/C24H21ClIN3O/c1-14-10-20(8-9-22(14)26)29-15(2)11-18(17(29)4)12-19(13-27)24(30)28-23-7-5-6-21(25)16(23)3/h5-12H,1-4H3,(H,28,30)/b19-12+. The number of hydrogen-bond donors (Lipinski definition) is 1. The normalized spacial score (nSPS) is 11.3. The van der Waals surface area contributed by atoms with Gasteiger partial charge in [-0.1, -0.05) is 17.7 Å². The van der Waals surface area contributed by atoms with Gasteiger partial charge in [-0.15, -0.1) is 0 Å². The number of anilines is 1. The van der Waals surface area contributed by atoms with Crippen LogP contribution in [-0.2, 0) is 4.79 Å². The predicted molar refractivity (Wildman–Crippen MR) is 131 cm³/mol. The molecular formula is C24H21ClIN3O. The maximum atomic E-state index is 12.7. The summed E-state index contributed by atoms with van der Waals surface area (Å²) in [4.78, 5) is 12.7. The van der Waals surface area contributed by atoms with Gasteiger partial charge in [0.05, 0.1) is 0 Å². The molecule has 0 bridgehead atoms. The second kappa shape index (κ2) is 9.07. The Hall–Kier alpha value is -2.56. The smallest absolute Gasteiger partial charge is 0.266 e. The third kappa shape index (κ3) is 4.45. The number of halogens is 2. The van der Waals surface area contributed by atoms with Gasteiger partial charge in [0.15, 0.2) is 0 Å². The molecule has 2 aromatic carbocycles. The van der Waals surface area contributed by atoms with E-state index in [1.54, 1.807) is 24.3 Å². The van der Waals surface area contributed by atoms with Crippen molar-refractivity contribution >= 4 is 51.9 Å². The summed E-state index contributed by atoms with van der Waals surface area (Å²) in [6.45, 7) is 7.90.